The largest absolute Gasteiger partial charge is 0.359 e. The van der Waals surface area contributed by atoms with E-state index in [1.807, 2.05) is 28.8 Å². The number of hydrogen-bond acceptors (Lipinski definition) is 3. The van der Waals surface area contributed by atoms with E-state index in [1.54, 1.807) is 13.2 Å². The van der Waals surface area contributed by atoms with Crippen LogP contribution in [0.15, 0.2) is 30.5 Å². The van der Waals surface area contributed by atoms with Crippen molar-refractivity contribution in [2.24, 2.45) is 0 Å². The fraction of sp³-hybridized carbons (Fsp3) is 0.214. The minimum Gasteiger partial charge on any atom is -0.359 e. The van der Waals surface area contributed by atoms with E-state index < -0.39 is 0 Å². The van der Waals surface area contributed by atoms with E-state index in [1.165, 1.54) is 0 Å². The van der Waals surface area contributed by atoms with E-state index in [0.29, 0.717) is 17.7 Å². The Labute approximate surface area is 120 Å². The molecule has 2 heterocycles. The summed E-state index contributed by atoms with van der Waals surface area (Å²) in [6.45, 7) is 0.548. The quantitative estimate of drug-likeness (QED) is 0.727. The molecule has 1 amide bonds. The zero-order valence-electron chi connectivity index (χ0n) is 11.0. The molecule has 2 N–H and O–H groups in total. The van der Waals surface area contributed by atoms with Crippen molar-refractivity contribution >= 4 is 40.1 Å². The van der Waals surface area contributed by atoms with Crippen LogP contribution < -0.4 is 5.32 Å². The molecule has 0 atom stereocenters. The zero-order chi connectivity index (χ0) is 14.1. The Hall–Kier alpha value is -2.21. The van der Waals surface area contributed by atoms with Crippen molar-refractivity contribution in [1.82, 2.24) is 19.9 Å². The Morgan fingerprint density at radius 1 is 1.45 bits per heavy atom. The van der Waals surface area contributed by atoms with Crippen LogP contribution in [0.2, 0.25) is 0 Å². The van der Waals surface area contributed by atoms with E-state index in [0.717, 1.165) is 21.9 Å². The highest BCUT2D eigenvalue weighted by atomic mass is 32.1. The van der Waals surface area contributed by atoms with Gasteiger partial charge in [-0.3, -0.25) is 9.78 Å². The number of para-hydroxylation sites is 1. The number of rotatable bonds is 3. The number of nitrogens with zero attached hydrogens (tertiary/aromatic N) is 2. The number of H-pyrrole nitrogens is 1. The molecule has 2 aromatic heterocycles. The molecule has 0 fully saturated rings. The molecule has 102 valence electrons. The van der Waals surface area contributed by atoms with Crippen molar-refractivity contribution in [2.75, 3.05) is 7.05 Å². The third-order valence-corrected chi connectivity index (χ3v) is 3.67. The lowest BCUT2D eigenvalue weighted by Gasteiger charge is -2.06. The third-order valence-electron chi connectivity index (χ3n) is 3.35. The van der Waals surface area contributed by atoms with Gasteiger partial charge in [0.2, 0.25) is 5.91 Å². The lowest BCUT2D eigenvalue weighted by molar-refractivity contribution is -0.120. The topological polar surface area (TPSA) is 62.7 Å². The van der Waals surface area contributed by atoms with Crippen LogP contribution >= 0.6 is 12.2 Å². The van der Waals surface area contributed by atoms with E-state index in [4.69, 9.17) is 12.2 Å². The van der Waals surface area contributed by atoms with Crippen molar-refractivity contribution in [3.8, 4) is 0 Å². The van der Waals surface area contributed by atoms with E-state index in [-0.39, 0.29) is 5.91 Å². The minimum absolute atomic E-state index is 0.000360. The highest BCUT2D eigenvalue weighted by Crippen LogP contribution is 2.23. The van der Waals surface area contributed by atoms with Gasteiger partial charge in [-0.15, -0.1) is 0 Å². The Morgan fingerprint density at radius 2 is 2.25 bits per heavy atom. The number of fused-ring (bicyclic) bond motifs is 3. The molecule has 5 nitrogen and oxygen atoms in total. The number of nitrogens with one attached hydrogen (secondary N) is 2. The molecule has 0 unspecified atom stereocenters. The van der Waals surface area contributed by atoms with Crippen LogP contribution in [0.3, 0.4) is 0 Å². The Balaban J connectivity index is 2.20. The monoisotopic (exact) mass is 286 g/mol. The number of carbonyl (C=O) groups is 1. The van der Waals surface area contributed by atoms with Gasteiger partial charge >= 0.3 is 0 Å². The summed E-state index contributed by atoms with van der Waals surface area (Å²) in [6, 6.07) is 7.91. The van der Waals surface area contributed by atoms with Crippen molar-refractivity contribution in [3.05, 3.63) is 35.2 Å². The molecule has 0 spiro atoms. The molecular formula is C14H14N4OS. The standard InChI is InChI=1S/C14H14N4OS/c1-15-12(19)6-7-18-13-9-4-2-3-5-10(9)16-8-11(13)17-14(18)20/h2-5,8H,6-7H2,1H3,(H,15,19)(H,17,20). The average molecular weight is 286 g/mol. The van der Waals surface area contributed by atoms with Crippen LogP contribution in [0.1, 0.15) is 6.42 Å². The molecule has 0 saturated carbocycles. The lowest BCUT2D eigenvalue weighted by atomic mass is 10.2. The molecule has 0 radical (unpaired) electrons. The van der Waals surface area contributed by atoms with Gasteiger partial charge in [-0.1, -0.05) is 18.2 Å². The maximum atomic E-state index is 11.4. The fourth-order valence-corrected chi connectivity index (χ4v) is 2.64. The van der Waals surface area contributed by atoms with Crippen molar-refractivity contribution in [2.45, 2.75) is 13.0 Å². The first kappa shape index (κ1) is 12.8. The first-order chi connectivity index (χ1) is 9.70. The van der Waals surface area contributed by atoms with Crippen molar-refractivity contribution in [1.29, 1.82) is 0 Å². The predicted molar refractivity (Wildman–Crippen MR) is 81.1 cm³/mol. The van der Waals surface area contributed by atoms with Gasteiger partial charge in [0.1, 0.15) is 0 Å². The van der Waals surface area contributed by atoms with Gasteiger partial charge in [0.25, 0.3) is 0 Å². The van der Waals surface area contributed by atoms with Crippen LogP contribution in [-0.4, -0.2) is 27.5 Å². The number of imidazole rings is 1. The number of aryl methyl sites for hydroxylation is 1. The van der Waals surface area contributed by atoms with Crippen LogP contribution in [-0.2, 0) is 11.3 Å². The van der Waals surface area contributed by atoms with Gasteiger partial charge in [0.05, 0.1) is 22.7 Å². The summed E-state index contributed by atoms with van der Waals surface area (Å²) in [7, 11) is 1.64. The summed E-state index contributed by atoms with van der Waals surface area (Å²) in [5, 5.41) is 3.66. The summed E-state index contributed by atoms with van der Waals surface area (Å²) in [6.07, 6.45) is 2.18. The van der Waals surface area contributed by atoms with Gasteiger partial charge in [-0.25, -0.2) is 0 Å². The first-order valence-corrected chi connectivity index (χ1v) is 6.78. The van der Waals surface area contributed by atoms with Crippen LogP contribution in [0.25, 0.3) is 21.9 Å². The Bertz CT molecular complexity index is 849. The zero-order valence-corrected chi connectivity index (χ0v) is 11.8. The number of carbonyl (C=O) groups excluding carboxylic acids is 1. The molecule has 6 heteroatoms. The molecule has 3 aromatic rings. The Kier molecular flexibility index (Phi) is 3.23. The molecule has 0 aliphatic carbocycles. The van der Waals surface area contributed by atoms with Crippen LogP contribution in [0, 0.1) is 4.77 Å². The Morgan fingerprint density at radius 3 is 3.05 bits per heavy atom. The second-order valence-corrected chi connectivity index (χ2v) is 4.93. The second-order valence-electron chi connectivity index (χ2n) is 4.54. The average Bonchev–Trinajstić information content (AvgIpc) is 2.80. The fourth-order valence-electron chi connectivity index (χ4n) is 2.34. The van der Waals surface area contributed by atoms with E-state index in [9.17, 15) is 4.79 Å². The van der Waals surface area contributed by atoms with Gasteiger partial charge < -0.3 is 14.9 Å². The number of benzene rings is 1. The predicted octanol–water partition coefficient (Wildman–Crippen LogP) is 2.38. The maximum Gasteiger partial charge on any atom is 0.221 e. The summed E-state index contributed by atoms with van der Waals surface area (Å²) < 4.78 is 2.58. The first-order valence-electron chi connectivity index (χ1n) is 6.37. The van der Waals surface area contributed by atoms with Gasteiger partial charge in [-0.2, -0.15) is 0 Å². The molecule has 0 aliphatic rings. The highest BCUT2D eigenvalue weighted by Gasteiger charge is 2.10. The van der Waals surface area contributed by atoms with Crippen molar-refractivity contribution < 1.29 is 4.79 Å². The second kappa shape index (κ2) is 5.05. The van der Waals surface area contributed by atoms with E-state index in [2.05, 4.69) is 15.3 Å². The number of amides is 1. The molecular weight excluding hydrogens is 272 g/mol. The van der Waals surface area contributed by atoms with E-state index >= 15 is 0 Å². The maximum absolute atomic E-state index is 11.4. The highest BCUT2D eigenvalue weighted by molar-refractivity contribution is 7.71. The van der Waals surface area contributed by atoms with Gasteiger partial charge in [-0.05, 0) is 18.3 Å². The number of hydrogen-bond donors (Lipinski definition) is 2. The SMILES string of the molecule is CNC(=O)CCn1c(=S)[nH]c2cnc3ccccc3c21. The van der Waals surface area contributed by atoms with Crippen LogP contribution in [0.4, 0.5) is 0 Å². The molecule has 0 bridgehead atoms. The van der Waals surface area contributed by atoms with Gasteiger partial charge in [0.15, 0.2) is 4.77 Å². The molecule has 0 aliphatic heterocycles. The third kappa shape index (κ3) is 2.08. The number of pyridine rings is 1. The molecule has 3 rings (SSSR count). The summed E-state index contributed by atoms with van der Waals surface area (Å²) in [5.74, 6) is -0.000360. The summed E-state index contributed by atoms with van der Waals surface area (Å²) in [5.41, 5.74) is 2.82. The van der Waals surface area contributed by atoms with Crippen LogP contribution in [0.5, 0.6) is 0 Å². The number of aromatic nitrogens is 3. The van der Waals surface area contributed by atoms with Gasteiger partial charge in [0, 0.05) is 25.4 Å². The smallest absolute Gasteiger partial charge is 0.221 e. The number of aromatic amines is 1. The minimum atomic E-state index is -0.000360. The molecule has 20 heavy (non-hydrogen) atoms. The molecule has 0 saturated heterocycles. The van der Waals surface area contributed by atoms with Crippen molar-refractivity contribution in [3.63, 3.8) is 0 Å². The normalized spacial score (nSPS) is 11.1. The molecule has 1 aromatic carbocycles. The lowest BCUT2D eigenvalue weighted by Crippen LogP contribution is -2.19. The summed E-state index contributed by atoms with van der Waals surface area (Å²) in [4.78, 5) is 19.0. The summed E-state index contributed by atoms with van der Waals surface area (Å²) >= 11 is 5.35.